The molecule has 0 atom stereocenters. The molecule has 0 radical (unpaired) electrons. The number of carboxylic acid groups (broad SMARTS) is 1. The summed E-state index contributed by atoms with van der Waals surface area (Å²) in [5.74, 6) is 0. The normalized spacial score (nSPS) is 10.0. The first-order valence-corrected chi connectivity index (χ1v) is 6.55. The lowest BCUT2D eigenvalue weighted by Gasteiger charge is -2.19. The summed E-state index contributed by atoms with van der Waals surface area (Å²) >= 11 is 0. The maximum Gasteiger partial charge on any atom is 0.407 e. The molecule has 2 N–H and O–H groups in total. The number of hydrogen-bond donors (Lipinski definition) is 2. The van der Waals surface area contributed by atoms with Crippen LogP contribution in [0.15, 0.2) is 30.3 Å². The van der Waals surface area contributed by atoms with Crippen molar-refractivity contribution in [2.45, 2.75) is 33.0 Å². The number of carbonyl (C=O) groups excluding carboxylic acids is 1. The summed E-state index contributed by atoms with van der Waals surface area (Å²) in [5.41, 5.74) is 0.657. The molecule has 0 saturated carbocycles. The van der Waals surface area contributed by atoms with Crippen molar-refractivity contribution in [3.8, 4) is 0 Å². The smallest absolute Gasteiger partial charge is 0.407 e. The molecular weight excluding hydrogens is 274 g/mol. The van der Waals surface area contributed by atoms with Crippen LogP contribution in [0.4, 0.5) is 4.79 Å². The van der Waals surface area contributed by atoms with E-state index in [0.717, 1.165) is 5.56 Å². The van der Waals surface area contributed by atoms with Crippen LogP contribution < -0.4 is 5.32 Å². The van der Waals surface area contributed by atoms with E-state index >= 15 is 0 Å². The summed E-state index contributed by atoms with van der Waals surface area (Å²) < 4.78 is 10.5. The van der Waals surface area contributed by atoms with E-state index in [1.165, 1.54) is 0 Å². The Morgan fingerprint density at radius 2 is 1.86 bits per heavy atom. The van der Waals surface area contributed by atoms with Gasteiger partial charge >= 0.3 is 6.09 Å². The summed E-state index contributed by atoms with van der Waals surface area (Å²) in [6.07, 6.45) is -0.411. The molecule has 0 aliphatic rings. The molecule has 0 fully saturated rings. The molecule has 0 aliphatic carbocycles. The first-order chi connectivity index (χ1) is 9.89. The predicted molar refractivity (Wildman–Crippen MR) is 79.0 cm³/mol. The van der Waals surface area contributed by atoms with Crippen molar-refractivity contribution in [3.05, 3.63) is 35.9 Å². The number of rotatable bonds is 5. The molecule has 1 rings (SSSR count). The van der Waals surface area contributed by atoms with E-state index in [-0.39, 0.29) is 6.47 Å². The largest absolute Gasteiger partial charge is 0.483 e. The molecule has 1 aromatic rings. The minimum Gasteiger partial charge on any atom is -0.483 e. The molecule has 118 valence electrons. The molecule has 0 unspecified atom stereocenters. The van der Waals surface area contributed by atoms with Crippen LogP contribution in [0.2, 0.25) is 0 Å². The second kappa shape index (κ2) is 10.7. The van der Waals surface area contributed by atoms with E-state index in [1.807, 2.05) is 51.1 Å². The van der Waals surface area contributed by atoms with Crippen LogP contribution in [0.3, 0.4) is 0 Å². The summed E-state index contributed by atoms with van der Waals surface area (Å²) in [6.45, 7) is 6.71. The Morgan fingerprint density at radius 3 is 2.38 bits per heavy atom. The Hall–Kier alpha value is -2.08. The minimum absolute atomic E-state index is 0.250. The number of nitrogens with one attached hydrogen (secondary N) is 1. The van der Waals surface area contributed by atoms with Crippen molar-refractivity contribution in [1.82, 2.24) is 5.32 Å². The molecule has 0 spiro atoms. The highest BCUT2D eigenvalue weighted by Crippen LogP contribution is 2.06. The number of amides is 1. The minimum atomic E-state index is -0.463. The average molecular weight is 297 g/mol. The molecule has 0 saturated heterocycles. The number of hydrogen-bond acceptors (Lipinski definition) is 4. The molecule has 6 heteroatoms. The van der Waals surface area contributed by atoms with E-state index in [9.17, 15) is 4.79 Å². The SMILES string of the molecule is CC(C)(C)OC(=O)NCCOCc1ccccc1.O=CO. The maximum absolute atomic E-state index is 11.3. The Morgan fingerprint density at radius 1 is 1.29 bits per heavy atom. The van der Waals surface area contributed by atoms with Crippen molar-refractivity contribution in [3.63, 3.8) is 0 Å². The van der Waals surface area contributed by atoms with Crippen molar-refractivity contribution in [2.75, 3.05) is 13.2 Å². The van der Waals surface area contributed by atoms with Crippen LogP contribution in [-0.2, 0) is 20.9 Å². The van der Waals surface area contributed by atoms with E-state index in [4.69, 9.17) is 19.4 Å². The molecular formula is C15H23NO5. The van der Waals surface area contributed by atoms with Gasteiger partial charge in [-0.15, -0.1) is 0 Å². The van der Waals surface area contributed by atoms with Crippen LogP contribution in [0, 0.1) is 0 Å². The summed E-state index contributed by atoms with van der Waals surface area (Å²) in [7, 11) is 0. The van der Waals surface area contributed by atoms with Gasteiger partial charge in [-0.25, -0.2) is 4.79 Å². The van der Waals surface area contributed by atoms with Gasteiger partial charge in [0.2, 0.25) is 0 Å². The maximum atomic E-state index is 11.3. The fourth-order valence-corrected chi connectivity index (χ4v) is 1.30. The average Bonchev–Trinajstić information content (AvgIpc) is 2.38. The lowest BCUT2D eigenvalue weighted by atomic mass is 10.2. The topological polar surface area (TPSA) is 84.9 Å². The molecule has 21 heavy (non-hydrogen) atoms. The van der Waals surface area contributed by atoms with Crippen LogP contribution in [0.25, 0.3) is 0 Å². The van der Waals surface area contributed by atoms with Crippen LogP contribution in [-0.4, -0.2) is 36.4 Å². The number of benzene rings is 1. The van der Waals surface area contributed by atoms with Gasteiger partial charge < -0.3 is 19.9 Å². The third kappa shape index (κ3) is 12.7. The van der Waals surface area contributed by atoms with Crippen LogP contribution in [0.1, 0.15) is 26.3 Å². The van der Waals surface area contributed by atoms with Gasteiger partial charge in [-0.3, -0.25) is 4.79 Å². The Bertz CT molecular complexity index is 400. The third-order valence-corrected chi connectivity index (χ3v) is 2.03. The van der Waals surface area contributed by atoms with Gasteiger partial charge in [-0.1, -0.05) is 30.3 Å². The summed E-state index contributed by atoms with van der Waals surface area (Å²) in [4.78, 5) is 19.7. The lowest BCUT2D eigenvalue weighted by Crippen LogP contribution is -2.34. The first kappa shape index (κ1) is 18.9. The molecule has 0 heterocycles. The fraction of sp³-hybridized carbons (Fsp3) is 0.467. The molecule has 6 nitrogen and oxygen atoms in total. The molecule has 1 aromatic carbocycles. The van der Waals surface area contributed by atoms with Gasteiger partial charge in [0.1, 0.15) is 5.60 Å². The molecule has 0 bridgehead atoms. The summed E-state index contributed by atoms with van der Waals surface area (Å²) in [5, 5.41) is 9.53. The van der Waals surface area contributed by atoms with Crippen LogP contribution in [0.5, 0.6) is 0 Å². The van der Waals surface area contributed by atoms with E-state index in [2.05, 4.69) is 5.32 Å². The second-order valence-corrected chi connectivity index (χ2v) is 5.07. The molecule has 0 aliphatic heterocycles. The van der Waals surface area contributed by atoms with Gasteiger partial charge in [0, 0.05) is 6.54 Å². The van der Waals surface area contributed by atoms with Gasteiger partial charge in [-0.2, -0.15) is 0 Å². The Kier molecular flexibility index (Phi) is 9.62. The number of carbonyl (C=O) groups is 2. The molecule has 0 aromatic heterocycles. The van der Waals surface area contributed by atoms with Crippen molar-refractivity contribution < 1.29 is 24.2 Å². The van der Waals surface area contributed by atoms with Crippen molar-refractivity contribution >= 4 is 12.6 Å². The van der Waals surface area contributed by atoms with Gasteiger partial charge in [0.05, 0.1) is 13.2 Å². The van der Waals surface area contributed by atoms with Gasteiger partial charge in [0.15, 0.2) is 0 Å². The second-order valence-electron chi connectivity index (χ2n) is 5.07. The van der Waals surface area contributed by atoms with E-state index in [1.54, 1.807) is 0 Å². The quantitative estimate of drug-likeness (QED) is 0.644. The highest BCUT2D eigenvalue weighted by Gasteiger charge is 2.15. The van der Waals surface area contributed by atoms with E-state index < -0.39 is 11.7 Å². The number of ether oxygens (including phenoxy) is 2. The molecule has 1 amide bonds. The highest BCUT2D eigenvalue weighted by molar-refractivity contribution is 5.67. The standard InChI is InChI=1S/C14H21NO3.CH2O2/c1-14(2,3)18-13(16)15-9-10-17-11-12-7-5-4-6-8-12;2-1-3/h4-8H,9-11H2,1-3H3,(H,15,16);1H,(H,2,3). The zero-order chi connectivity index (χ0) is 16.1. The number of alkyl carbamates (subject to hydrolysis) is 1. The highest BCUT2D eigenvalue weighted by atomic mass is 16.6. The zero-order valence-corrected chi connectivity index (χ0v) is 12.7. The zero-order valence-electron chi connectivity index (χ0n) is 12.7. The monoisotopic (exact) mass is 297 g/mol. The van der Waals surface area contributed by atoms with Gasteiger partial charge in [0.25, 0.3) is 6.47 Å². The summed E-state index contributed by atoms with van der Waals surface area (Å²) in [6, 6.07) is 9.91. The Balaban J connectivity index is 0.00000122. The van der Waals surface area contributed by atoms with Crippen LogP contribution >= 0.6 is 0 Å². The van der Waals surface area contributed by atoms with Crippen molar-refractivity contribution in [1.29, 1.82) is 0 Å². The predicted octanol–water partition coefficient (Wildman–Crippen LogP) is 2.43. The lowest BCUT2D eigenvalue weighted by molar-refractivity contribution is -0.122. The fourth-order valence-electron chi connectivity index (χ4n) is 1.30. The van der Waals surface area contributed by atoms with Crippen molar-refractivity contribution in [2.24, 2.45) is 0 Å². The Labute approximate surface area is 125 Å². The third-order valence-electron chi connectivity index (χ3n) is 2.03. The van der Waals surface area contributed by atoms with Gasteiger partial charge in [-0.05, 0) is 26.3 Å². The first-order valence-electron chi connectivity index (χ1n) is 6.55. The van der Waals surface area contributed by atoms with E-state index in [0.29, 0.717) is 19.8 Å².